The molecule has 2 aromatic rings. The third-order valence-corrected chi connectivity index (χ3v) is 5.08. The van der Waals surface area contributed by atoms with Crippen molar-refractivity contribution in [3.63, 3.8) is 0 Å². The Labute approximate surface area is 134 Å². The molecule has 2 rings (SSSR count). The van der Waals surface area contributed by atoms with Crippen LogP contribution >= 0.6 is 23.5 Å². The Balaban J connectivity index is 2.25. The minimum atomic E-state index is -0.207. The van der Waals surface area contributed by atoms with Crippen molar-refractivity contribution in [1.82, 2.24) is 4.90 Å². The molecule has 1 amide bonds. The number of likely N-dealkylation sites (N-methyl/N-ethyl adjacent to an activating group) is 1. The third-order valence-electron chi connectivity index (χ3n) is 3.08. The van der Waals surface area contributed by atoms with Gasteiger partial charge in [-0.15, -0.1) is 23.5 Å². The second-order valence-corrected chi connectivity index (χ2v) is 6.87. The molecule has 0 aliphatic carbocycles. The van der Waals surface area contributed by atoms with Gasteiger partial charge in [0.25, 0.3) is 0 Å². The molecular formula is C17H19NOS2. The number of thioether (sulfide) groups is 2. The molecule has 0 bridgehead atoms. The highest BCUT2D eigenvalue weighted by Gasteiger charge is 2.23. The average molecular weight is 317 g/mol. The highest BCUT2D eigenvalue weighted by molar-refractivity contribution is 8.00. The maximum Gasteiger partial charge on any atom is 0.240 e. The quantitative estimate of drug-likeness (QED) is 0.766. The van der Waals surface area contributed by atoms with Crippen molar-refractivity contribution in [2.24, 2.45) is 0 Å². The second-order valence-electron chi connectivity index (χ2n) is 4.82. The van der Waals surface area contributed by atoms with Gasteiger partial charge in [0, 0.05) is 23.9 Å². The van der Waals surface area contributed by atoms with Crippen LogP contribution in [0.3, 0.4) is 0 Å². The van der Waals surface area contributed by atoms with Gasteiger partial charge in [-0.25, -0.2) is 0 Å². The van der Waals surface area contributed by atoms with Crippen molar-refractivity contribution >= 4 is 29.4 Å². The zero-order valence-corrected chi connectivity index (χ0v) is 14.1. The molecule has 0 aliphatic rings. The molecule has 0 saturated heterocycles. The van der Waals surface area contributed by atoms with Crippen LogP contribution in [0.15, 0.2) is 64.4 Å². The van der Waals surface area contributed by atoms with Crippen LogP contribution in [0.5, 0.6) is 0 Å². The monoisotopic (exact) mass is 317 g/mol. The van der Waals surface area contributed by atoms with Gasteiger partial charge in [0.1, 0.15) is 5.25 Å². The van der Waals surface area contributed by atoms with Gasteiger partial charge in [0.15, 0.2) is 0 Å². The van der Waals surface area contributed by atoms with E-state index in [2.05, 4.69) is 30.5 Å². The van der Waals surface area contributed by atoms with E-state index in [0.29, 0.717) is 0 Å². The van der Waals surface area contributed by atoms with E-state index in [4.69, 9.17) is 0 Å². The van der Waals surface area contributed by atoms with Gasteiger partial charge in [0.05, 0.1) is 0 Å². The molecular weight excluding hydrogens is 298 g/mol. The lowest BCUT2D eigenvalue weighted by atomic mass is 10.1. The van der Waals surface area contributed by atoms with Crippen LogP contribution in [0.4, 0.5) is 0 Å². The predicted molar refractivity (Wildman–Crippen MR) is 92.0 cm³/mol. The largest absolute Gasteiger partial charge is 0.348 e. The third kappa shape index (κ3) is 4.29. The second kappa shape index (κ2) is 7.57. The molecule has 0 heterocycles. The van der Waals surface area contributed by atoms with Crippen molar-refractivity contribution in [2.75, 3.05) is 20.4 Å². The molecule has 0 spiro atoms. The van der Waals surface area contributed by atoms with Gasteiger partial charge in [-0.2, -0.15) is 0 Å². The number of rotatable bonds is 5. The van der Waals surface area contributed by atoms with Gasteiger partial charge >= 0.3 is 0 Å². The molecule has 0 fully saturated rings. The molecule has 1 atom stereocenters. The number of hydrogen-bond acceptors (Lipinski definition) is 3. The fourth-order valence-electron chi connectivity index (χ4n) is 1.91. The molecule has 1 unspecified atom stereocenters. The van der Waals surface area contributed by atoms with Crippen LogP contribution in [0, 0.1) is 0 Å². The Morgan fingerprint density at radius 2 is 1.52 bits per heavy atom. The molecule has 110 valence electrons. The summed E-state index contributed by atoms with van der Waals surface area (Å²) in [5.41, 5.74) is 1.04. The molecule has 0 aliphatic heterocycles. The molecule has 21 heavy (non-hydrogen) atoms. The zero-order chi connectivity index (χ0) is 15.2. The van der Waals surface area contributed by atoms with Crippen LogP contribution in [0.2, 0.25) is 0 Å². The molecule has 4 heteroatoms. The smallest absolute Gasteiger partial charge is 0.240 e. The SMILES string of the molecule is CSc1ccc(SC(C(=O)N(C)C)c2ccccc2)cc1. The topological polar surface area (TPSA) is 20.3 Å². The first-order chi connectivity index (χ1) is 10.1. The lowest BCUT2D eigenvalue weighted by Crippen LogP contribution is -2.26. The Hall–Kier alpha value is -1.39. The van der Waals surface area contributed by atoms with E-state index in [-0.39, 0.29) is 11.2 Å². The Morgan fingerprint density at radius 1 is 0.952 bits per heavy atom. The number of hydrogen-bond donors (Lipinski definition) is 0. The molecule has 0 aromatic heterocycles. The first kappa shape index (κ1) is 16.0. The van der Waals surface area contributed by atoms with Gasteiger partial charge in [-0.3, -0.25) is 4.79 Å². The van der Waals surface area contributed by atoms with Gasteiger partial charge in [-0.05, 0) is 36.1 Å². The van der Waals surface area contributed by atoms with E-state index < -0.39 is 0 Å². The summed E-state index contributed by atoms with van der Waals surface area (Å²) in [5.74, 6) is 0.111. The fraction of sp³-hybridized carbons (Fsp3) is 0.235. The van der Waals surface area contributed by atoms with Crippen molar-refractivity contribution in [3.8, 4) is 0 Å². The molecule has 2 nitrogen and oxygen atoms in total. The number of benzene rings is 2. The van der Waals surface area contributed by atoms with Gasteiger partial charge in [0.2, 0.25) is 5.91 Å². The summed E-state index contributed by atoms with van der Waals surface area (Å²) in [4.78, 5) is 16.5. The summed E-state index contributed by atoms with van der Waals surface area (Å²) in [6, 6.07) is 18.3. The zero-order valence-electron chi connectivity index (χ0n) is 12.4. The fourth-order valence-corrected chi connectivity index (χ4v) is 3.49. The number of carbonyl (C=O) groups excluding carboxylic acids is 1. The minimum absolute atomic E-state index is 0.111. The molecule has 0 N–H and O–H groups in total. The van der Waals surface area contributed by atoms with E-state index in [1.54, 1.807) is 42.5 Å². The first-order valence-corrected chi connectivity index (χ1v) is 8.79. The standard InChI is InChI=1S/C17H19NOS2/c1-18(2)17(19)16(13-7-5-4-6-8-13)21-15-11-9-14(20-3)10-12-15/h4-12,16H,1-3H3. The van der Waals surface area contributed by atoms with Crippen molar-refractivity contribution < 1.29 is 4.79 Å². The maximum atomic E-state index is 12.5. The van der Waals surface area contributed by atoms with Crippen molar-refractivity contribution in [3.05, 3.63) is 60.2 Å². The Morgan fingerprint density at radius 3 is 2.05 bits per heavy atom. The maximum absolute atomic E-state index is 12.5. The lowest BCUT2D eigenvalue weighted by Gasteiger charge is -2.20. The van der Waals surface area contributed by atoms with Crippen molar-refractivity contribution in [2.45, 2.75) is 15.0 Å². The van der Waals surface area contributed by atoms with Crippen LogP contribution in [0.1, 0.15) is 10.8 Å². The highest BCUT2D eigenvalue weighted by Crippen LogP contribution is 2.36. The summed E-state index contributed by atoms with van der Waals surface area (Å²) in [7, 11) is 3.60. The van der Waals surface area contributed by atoms with E-state index in [1.165, 1.54) is 4.90 Å². The summed E-state index contributed by atoms with van der Waals surface area (Å²) in [5, 5.41) is -0.207. The minimum Gasteiger partial charge on any atom is -0.348 e. The van der Waals surface area contributed by atoms with E-state index in [0.717, 1.165) is 10.5 Å². The van der Waals surface area contributed by atoms with Crippen LogP contribution < -0.4 is 0 Å². The number of amides is 1. The summed E-state index contributed by atoms with van der Waals surface area (Å²) in [6.45, 7) is 0. The summed E-state index contributed by atoms with van der Waals surface area (Å²) in [6.07, 6.45) is 2.06. The first-order valence-electron chi connectivity index (χ1n) is 6.68. The van der Waals surface area contributed by atoms with Crippen LogP contribution in [-0.2, 0) is 4.79 Å². The van der Waals surface area contributed by atoms with E-state index >= 15 is 0 Å². The molecule has 0 saturated carbocycles. The number of nitrogens with zero attached hydrogens (tertiary/aromatic N) is 1. The van der Waals surface area contributed by atoms with Crippen LogP contribution in [0.25, 0.3) is 0 Å². The van der Waals surface area contributed by atoms with Gasteiger partial charge in [-0.1, -0.05) is 30.3 Å². The Kier molecular flexibility index (Phi) is 5.76. The summed E-state index contributed by atoms with van der Waals surface area (Å²) < 4.78 is 0. The summed E-state index contributed by atoms with van der Waals surface area (Å²) >= 11 is 3.32. The van der Waals surface area contributed by atoms with Gasteiger partial charge < -0.3 is 4.90 Å². The number of carbonyl (C=O) groups is 1. The van der Waals surface area contributed by atoms with Crippen LogP contribution in [-0.4, -0.2) is 31.2 Å². The van der Waals surface area contributed by atoms with Crippen molar-refractivity contribution in [1.29, 1.82) is 0 Å². The highest BCUT2D eigenvalue weighted by atomic mass is 32.2. The van der Waals surface area contributed by atoms with E-state index in [1.807, 2.05) is 30.3 Å². The normalized spacial score (nSPS) is 12.0. The lowest BCUT2D eigenvalue weighted by molar-refractivity contribution is -0.128. The molecule has 2 aromatic carbocycles. The molecule has 0 radical (unpaired) electrons. The van der Waals surface area contributed by atoms with E-state index in [9.17, 15) is 4.79 Å². The average Bonchev–Trinajstić information content (AvgIpc) is 2.53. The Bertz CT molecular complexity index is 581. The predicted octanol–water partition coefficient (Wildman–Crippen LogP) is 4.33.